The van der Waals surface area contributed by atoms with Crippen molar-refractivity contribution in [2.75, 3.05) is 9.80 Å². The van der Waals surface area contributed by atoms with Gasteiger partial charge >= 0.3 is 0 Å². The summed E-state index contributed by atoms with van der Waals surface area (Å²) in [5.74, 6) is 0. The summed E-state index contributed by atoms with van der Waals surface area (Å²) in [5, 5.41) is 5.21. The van der Waals surface area contributed by atoms with Crippen molar-refractivity contribution in [3.63, 3.8) is 0 Å². The molecule has 0 N–H and O–H groups in total. The molecule has 0 radical (unpaired) electrons. The second-order valence-corrected chi connectivity index (χ2v) is 15.6. The first-order valence-corrected chi connectivity index (χ1v) is 19.8. The van der Waals surface area contributed by atoms with Gasteiger partial charge in [-0.25, -0.2) is 0 Å². The highest BCUT2D eigenvalue weighted by molar-refractivity contribution is 7.26. The van der Waals surface area contributed by atoms with Crippen LogP contribution >= 0.6 is 22.7 Å². The maximum absolute atomic E-state index is 2.34. The fourth-order valence-electron chi connectivity index (χ4n) is 7.42. The van der Waals surface area contributed by atoms with Crippen molar-refractivity contribution < 1.29 is 0 Å². The minimum absolute atomic E-state index is 1.12. The van der Waals surface area contributed by atoms with Crippen molar-refractivity contribution in [1.82, 2.24) is 0 Å². The predicted octanol–water partition coefficient (Wildman–Crippen LogP) is 15.5. The summed E-state index contributed by atoms with van der Waals surface area (Å²) < 4.78 is 5.26. The Morgan fingerprint density at radius 1 is 0.278 bits per heavy atom. The van der Waals surface area contributed by atoms with Crippen molar-refractivity contribution >= 4 is 109 Å². The van der Waals surface area contributed by atoms with E-state index in [-0.39, 0.29) is 0 Å². The van der Waals surface area contributed by atoms with E-state index in [1.807, 2.05) is 22.7 Å². The van der Waals surface area contributed by atoms with Gasteiger partial charge in [0.2, 0.25) is 0 Å². The Hall–Kier alpha value is -6.46. The van der Waals surface area contributed by atoms with Crippen LogP contribution < -0.4 is 9.80 Å². The first-order valence-electron chi connectivity index (χ1n) is 18.2. The molecule has 0 atom stereocenters. The number of thiophene rings is 2. The van der Waals surface area contributed by atoms with Crippen LogP contribution in [0.2, 0.25) is 0 Å². The quantitative estimate of drug-likeness (QED) is 0.144. The summed E-state index contributed by atoms with van der Waals surface area (Å²) in [6.07, 6.45) is 4.39. The third-order valence-corrected chi connectivity index (χ3v) is 12.3. The number of hydrogen-bond acceptors (Lipinski definition) is 4. The van der Waals surface area contributed by atoms with Crippen LogP contribution in [0.3, 0.4) is 0 Å². The molecule has 0 aliphatic heterocycles. The lowest BCUT2D eigenvalue weighted by atomic mass is 10.1. The van der Waals surface area contributed by atoms with Gasteiger partial charge in [-0.1, -0.05) is 109 Å². The van der Waals surface area contributed by atoms with Crippen molar-refractivity contribution in [2.45, 2.75) is 0 Å². The molecule has 0 aliphatic rings. The van der Waals surface area contributed by atoms with Crippen LogP contribution in [0.15, 0.2) is 194 Å². The molecule has 0 fully saturated rings. The summed E-state index contributed by atoms with van der Waals surface area (Å²) in [6.45, 7) is 0. The molecule has 0 aliphatic carbocycles. The Balaban J connectivity index is 0.937. The van der Waals surface area contributed by atoms with Crippen LogP contribution in [0, 0.1) is 0 Å². The molecule has 256 valence electrons. The zero-order valence-electron chi connectivity index (χ0n) is 29.3. The summed E-state index contributed by atoms with van der Waals surface area (Å²) in [5.41, 5.74) is 9.10. The summed E-state index contributed by atoms with van der Waals surface area (Å²) in [6, 6.07) is 70.0. The van der Waals surface area contributed by atoms with Gasteiger partial charge in [0.1, 0.15) is 0 Å². The molecule has 0 spiro atoms. The van der Waals surface area contributed by atoms with Gasteiger partial charge in [-0.2, -0.15) is 0 Å². The fraction of sp³-hybridized carbons (Fsp3) is 0. The molecule has 0 saturated heterocycles. The zero-order valence-corrected chi connectivity index (χ0v) is 31.0. The average Bonchev–Trinajstić information content (AvgIpc) is 3.80. The molecule has 8 aromatic carbocycles. The van der Waals surface area contributed by atoms with Crippen molar-refractivity contribution in [3.05, 3.63) is 205 Å². The molecule has 54 heavy (non-hydrogen) atoms. The number of benzene rings is 8. The molecule has 10 aromatic rings. The molecule has 0 bridgehead atoms. The minimum Gasteiger partial charge on any atom is -0.310 e. The predicted molar refractivity (Wildman–Crippen MR) is 237 cm³/mol. The van der Waals surface area contributed by atoms with Crippen LogP contribution in [-0.2, 0) is 0 Å². The van der Waals surface area contributed by atoms with Crippen molar-refractivity contribution in [1.29, 1.82) is 0 Å². The van der Waals surface area contributed by atoms with Crippen LogP contribution in [0.25, 0.3) is 52.5 Å². The normalized spacial score (nSPS) is 11.6. The Labute approximate surface area is 322 Å². The first-order chi connectivity index (χ1) is 26.7. The second kappa shape index (κ2) is 13.8. The van der Waals surface area contributed by atoms with Gasteiger partial charge in [0.05, 0.1) is 0 Å². The SMILES string of the molecule is C(=C\c1ccc(N(c2ccccc2)c2ccc3sc4ccccc4c3c2)cc1)/c1ccc(N(c2ccccc2)c2ccc3sc4ccccc4c3c2)cc1. The van der Waals surface area contributed by atoms with Crippen LogP contribution in [0.5, 0.6) is 0 Å². The second-order valence-electron chi connectivity index (χ2n) is 13.4. The van der Waals surface area contributed by atoms with E-state index in [1.165, 1.54) is 40.3 Å². The van der Waals surface area contributed by atoms with Crippen molar-refractivity contribution in [2.24, 2.45) is 0 Å². The summed E-state index contributed by atoms with van der Waals surface area (Å²) in [4.78, 5) is 4.68. The number of anilines is 6. The molecule has 0 amide bonds. The lowest BCUT2D eigenvalue weighted by Crippen LogP contribution is -2.09. The van der Waals surface area contributed by atoms with E-state index in [2.05, 4.69) is 216 Å². The Kier molecular flexibility index (Phi) is 8.25. The molecule has 2 aromatic heterocycles. The number of fused-ring (bicyclic) bond motifs is 6. The van der Waals surface area contributed by atoms with E-state index >= 15 is 0 Å². The van der Waals surface area contributed by atoms with E-state index < -0.39 is 0 Å². The standard InChI is InChI=1S/C50H34N2S2/c1-3-11-37(12-4-1)51(41-29-31-49-45(33-41)43-15-7-9-17-47(43)53-49)39-25-21-35(22-26-39)19-20-36-23-27-40(28-24-36)52(38-13-5-2-6-14-38)42-30-32-50-46(34-42)44-16-8-10-18-48(44)54-50/h1-34H/b20-19+. The van der Waals surface area contributed by atoms with Gasteiger partial charge in [0.25, 0.3) is 0 Å². The molecule has 2 nitrogen and oxygen atoms in total. The van der Waals surface area contributed by atoms with Crippen LogP contribution in [-0.4, -0.2) is 0 Å². The van der Waals surface area contributed by atoms with E-state index in [9.17, 15) is 0 Å². The van der Waals surface area contributed by atoms with Gasteiger partial charge in [-0.15, -0.1) is 22.7 Å². The maximum Gasteiger partial charge on any atom is 0.0468 e. The molecular formula is C50H34N2S2. The van der Waals surface area contributed by atoms with Gasteiger partial charge in [-0.3, -0.25) is 0 Å². The monoisotopic (exact) mass is 726 g/mol. The van der Waals surface area contributed by atoms with Crippen molar-refractivity contribution in [3.8, 4) is 0 Å². The van der Waals surface area contributed by atoms with E-state index in [1.54, 1.807) is 0 Å². The Morgan fingerprint density at radius 3 is 1.04 bits per heavy atom. The van der Waals surface area contributed by atoms with Crippen LogP contribution in [0.4, 0.5) is 34.1 Å². The minimum atomic E-state index is 1.12. The Bertz CT molecular complexity index is 2720. The lowest BCUT2D eigenvalue weighted by molar-refractivity contribution is 1.29. The number of nitrogens with zero attached hydrogens (tertiary/aromatic N) is 2. The van der Waals surface area contributed by atoms with Gasteiger partial charge < -0.3 is 9.80 Å². The first kappa shape index (κ1) is 32.2. The van der Waals surface area contributed by atoms with Gasteiger partial charge in [-0.05, 0) is 108 Å². The maximum atomic E-state index is 2.34. The molecule has 2 heterocycles. The fourth-order valence-corrected chi connectivity index (χ4v) is 9.59. The molecular weight excluding hydrogens is 693 g/mol. The third kappa shape index (κ3) is 6.02. The molecule has 10 rings (SSSR count). The zero-order chi connectivity index (χ0) is 35.8. The highest BCUT2D eigenvalue weighted by Gasteiger charge is 2.16. The largest absolute Gasteiger partial charge is 0.310 e. The van der Waals surface area contributed by atoms with Gasteiger partial charge in [0, 0.05) is 74.5 Å². The van der Waals surface area contributed by atoms with Crippen LogP contribution in [0.1, 0.15) is 11.1 Å². The average molecular weight is 727 g/mol. The topological polar surface area (TPSA) is 6.48 Å². The molecule has 0 unspecified atom stereocenters. The van der Waals surface area contributed by atoms with E-state index in [4.69, 9.17) is 0 Å². The van der Waals surface area contributed by atoms with E-state index in [0.717, 1.165) is 45.3 Å². The van der Waals surface area contributed by atoms with E-state index in [0.29, 0.717) is 0 Å². The lowest BCUT2D eigenvalue weighted by Gasteiger charge is -2.25. The number of rotatable bonds is 8. The number of hydrogen-bond donors (Lipinski definition) is 0. The summed E-state index contributed by atoms with van der Waals surface area (Å²) >= 11 is 3.70. The number of para-hydroxylation sites is 2. The smallest absolute Gasteiger partial charge is 0.0468 e. The highest BCUT2D eigenvalue weighted by atomic mass is 32.1. The summed E-state index contributed by atoms with van der Waals surface area (Å²) in [7, 11) is 0. The molecule has 4 heteroatoms. The highest BCUT2D eigenvalue weighted by Crippen LogP contribution is 2.42. The third-order valence-electron chi connectivity index (χ3n) is 10.0. The van der Waals surface area contributed by atoms with Gasteiger partial charge in [0.15, 0.2) is 0 Å². The Morgan fingerprint density at radius 2 is 0.611 bits per heavy atom. The molecule has 0 saturated carbocycles.